The average molecular weight is 236 g/mol. The van der Waals surface area contributed by atoms with E-state index in [0.717, 1.165) is 5.56 Å². The molecule has 17 heavy (non-hydrogen) atoms. The summed E-state index contributed by atoms with van der Waals surface area (Å²) in [7, 11) is 1.81. The second-order valence-electron chi connectivity index (χ2n) is 3.63. The van der Waals surface area contributed by atoms with Crippen molar-refractivity contribution in [2.75, 3.05) is 0 Å². The lowest BCUT2D eigenvalue weighted by Crippen LogP contribution is -2.05. The summed E-state index contributed by atoms with van der Waals surface area (Å²) < 4.78 is 3.24. The van der Waals surface area contributed by atoms with Crippen LogP contribution in [0.25, 0.3) is 11.4 Å². The fourth-order valence-corrected chi connectivity index (χ4v) is 1.48. The third-order valence-electron chi connectivity index (χ3n) is 2.26. The summed E-state index contributed by atoms with van der Waals surface area (Å²) in [6.45, 7) is 0.476. The molecule has 0 fully saturated rings. The number of carbonyl (C=O) groups is 1. The smallest absolute Gasteiger partial charge is 0.303 e. The first-order chi connectivity index (χ1) is 8.16. The lowest BCUT2D eigenvalue weighted by molar-refractivity contribution is -0.137. The number of aryl methyl sites for hydroxylation is 2. The standard InChI is InChI=1S/C9H12N6O2/c1-14-6-7(5-10-14)9-11-12-13-15(9)4-2-3-8(16)17/h5-6H,2-4H2,1H3,(H,16,17). The lowest BCUT2D eigenvalue weighted by Gasteiger charge is -2.00. The summed E-state index contributed by atoms with van der Waals surface area (Å²) in [4.78, 5) is 10.4. The monoisotopic (exact) mass is 236 g/mol. The Kier molecular flexibility index (Phi) is 3.12. The van der Waals surface area contributed by atoms with Gasteiger partial charge >= 0.3 is 5.97 Å². The van der Waals surface area contributed by atoms with E-state index in [1.54, 1.807) is 21.8 Å². The Labute approximate surface area is 96.9 Å². The molecule has 1 N–H and O–H groups in total. The quantitative estimate of drug-likeness (QED) is 0.780. The Morgan fingerprint density at radius 2 is 2.35 bits per heavy atom. The molecule has 90 valence electrons. The van der Waals surface area contributed by atoms with Gasteiger partial charge in [0.25, 0.3) is 0 Å². The molecule has 0 saturated heterocycles. The largest absolute Gasteiger partial charge is 0.481 e. The van der Waals surface area contributed by atoms with Gasteiger partial charge in [0.15, 0.2) is 5.82 Å². The molecular weight excluding hydrogens is 224 g/mol. The Bertz CT molecular complexity index is 517. The van der Waals surface area contributed by atoms with Gasteiger partial charge in [-0.2, -0.15) is 5.10 Å². The van der Waals surface area contributed by atoms with Crippen molar-refractivity contribution in [3.05, 3.63) is 12.4 Å². The van der Waals surface area contributed by atoms with Crippen molar-refractivity contribution < 1.29 is 9.90 Å². The molecule has 0 atom stereocenters. The SMILES string of the molecule is Cn1cc(-c2nnnn2CCCC(=O)O)cn1. The molecule has 0 amide bonds. The van der Waals surface area contributed by atoms with Crippen LogP contribution in [-0.2, 0) is 18.4 Å². The summed E-state index contributed by atoms with van der Waals surface area (Å²) in [6.07, 6.45) is 4.07. The topological polar surface area (TPSA) is 98.7 Å². The Morgan fingerprint density at radius 1 is 1.53 bits per heavy atom. The maximum Gasteiger partial charge on any atom is 0.303 e. The summed E-state index contributed by atoms with van der Waals surface area (Å²) >= 11 is 0. The van der Waals surface area contributed by atoms with E-state index in [9.17, 15) is 4.79 Å². The number of hydrogen-bond acceptors (Lipinski definition) is 5. The number of carboxylic acids is 1. The zero-order chi connectivity index (χ0) is 12.3. The molecule has 0 radical (unpaired) electrons. The third-order valence-corrected chi connectivity index (χ3v) is 2.26. The number of aliphatic carboxylic acids is 1. The number of carboxylic acid groups (broad SMARTS) is 1. The summed E-state index contributed by atoms with van der Waals surface area (Å²) in [5.41, 5.74) is 0.813. The molecule has 0 aromatic carbocycles. The normalized spacial score (nSPS) is 10.6. The predicted octanol–water partition coefficient (Wildman–Crippen LogP) is -0.0616. The molecule has 0 aliphatic heterocycles. The van der Waals surface area contributed by atoms with Crippen LogP contribution in [0.3, 0.4) is 0 Å². The first kappa shape index (κ1) is 11.2. The lowest BCUT2D eigenvalue weighted by atomic mass is 10.3. The summed E-state index contributed by atoms with van der Waals surface area (Å²) in [6, 6.07) is 0. The van der Waals surface area contributed by atoms with E-state index >= 15 is 0 Å². The van der Waals surface area contributed by atoms with Gasteiger partial charge in [-0.3, -0.25) is 9.48 Å². The van der Waals surface area contributed by atoms with Crippen molar-refractivity contribution in [2.45, 2.75) is 19.4 Å². The molecule has 0 unspecified atom stereocenters. The van der Waals surface area contributed by atoms with Crippen molar-refractivity contribution in [3.63, 3.8) is 0 Å². The minimum absolute atomic E-state index is 0.104. The van der Waals surface area contributed by atoms with E-state index in [1.807, 2.05) is 7.05 Å². The number of tetrazole rings is 1. The van der Waals surface area contributed by atoms with Gasteiger partial charge in [-0.15, -0.1) is 5.10 Å². The van der Waals surface area contributed by atoms with Crippen LogP contribution in [-0.4, -0.2) is 41.1 Å². The predicted molar refractivity (Wildman–Crippen MR) is 56.9 cm³/mol. The summed E-state index contributed by atoms with van der Waals surface area (Å²) in [5.74, 6) is -0.218. The molecule has 0 aliphatic rings. The Morgan fingerprint density at radius 3 is 3.00 bits per heavy atom. The van der Waals surface area contributed by atoms with Crippen LogP contribution in [0, 0.1) is 0 Å². The van der Waals surface area contributed by atoms with Gasteiger partial charge in [0.1, 0.15) is 0 Å². The van der Waals surface area contributed by atoms with E-state index in [-0.39, 0.29) is 6.42 Å². The summed E-state index contributed by atoms with van der Waals surface area (Å²) in [5, 5.41) is 23.9. The van der Waals surface area contributed by atoms with Crippen molar-refractivity contribution in [2.24, 2.45) is 7.05 Å². The van der Waals surface area contributed by atoms with Gasteiger partial charge in [0.2, 0.25) is 0 Å². The van der Waals surface area contributed by atoms with E-state index in [1.165, 1.54) is 0 Å². The van der Waals surface area contributed by atoms with Crippen molar-refractivity contribution >= 4 is 5.97 Å². The van der Waals surface area contributed by atoms with Crippen molar-refractivity contribution in [1.82, 2.24) is 30.0 Å². The Balaban J connectivity index is 2.09. The molecule has 2 heterocycles. The second-order valence-corrected chi connectivity index (χ2v) is 3.63. The zero-order valence-corrected chi connectivity index (χ0v) is 9.31. The minimum Gasteiger partial charge on any atom is -0.481 e. The van der Waals surface area contributed by atoms with Crippen LogP contribution in [0.1, 0.15) is 12.8 Å². The zero-order valence-electron chi connectivity index (χ0n) is 9.31. The van der Waals surface area contributed by atoms with Crippen molar-refractivity contribution in [1.29, 1.82) is 0 Å². The van der Waals surface area contributed by atoms with E-state index in [0.29, 0.717) is 18.8 Å². The van der Waals surface area contributed by atoms with Gasteiger partial charge in [-0.25, -0.2) is 4.68 Å². The number of nitrogens with zero attached hydrogens (tertiary/aromatic N) is 6. The van der Waals surface area contributed by atoms with E-state index < -0.39 is 5.97 Å². The highest BCUT2D eigenvalue weighted by molar-refractivity contribution is 5.66. The van der Waals surface area contributed by atoms with Crippen molar-refractivity contribution in [3.8, 4) is 11.4 Å². The maximum atomic E-state index is 10.4. The second kappa shape index (κ2) is 4.73. The van der Waals surface area contributed by atoms with Gasteiger partial charge in [0.05, 0.1) is 11.8 Å². The number of hydrogen-bond donors (Lipinski definition) is 1. The average Bonchev–Trinajstić information content (AvgIpc) is 2.86. The molecule has 2 aromatic heterocycles. The molecule has 2 rings (SSSR count). The van der Waals surface area contributed by atoms with Gasteiger partial charge in [0, 0.05) is 26.2 Å². The van der Waals surface area contributed by atoms with Crippen LogP contribution < -0.4 is 0 Å². The molecule has 8 heteroatoms. The molecule has 0 spiro atoms. The fourth-order valence-electron chi connectivity index (χ4n) is 1.48. The Hall–Kier alpha value is -2.25. The molecule has 8 nitrogen and oxygen atoms in total. The number of aromatic nitrogens is 6. The highest BCUT2D eigenvalue weighted by atomic mass is 16.4. The molecule has 0 bridgehead atoms. The maximum absolute atomic E-state index is 10.4. The van der Waals surface area contributed by atoms with Crippen LogP contribution in [0.15, 0.2) is 12.4 Å². The molecule has 0 saturated carbocycles. The third kappa shape index (κ3) is 2.65. The fraction of sp³-hybridized carbons (Fsp3) is 0.444. The first-order valence-electron chi connectivity index (χ1n) is 5.14. The number of rotatable bonds is 5. The van der Waals surface area contributed by atoms with E-state index in [4.69, 9.17) is 5.11 Å². The van der Waals surface area contributed by atoms with Crippen LogP contribution in [0.4, 0.5) is 0 Å². The molecule has 2 aromatic rings. The molecule has 0 aliphatic carbocycles. The highest BCUT2D eigenvalue weighted by Gasteiger charge is 2.10. The van der Waals surface area contributed by atoms with Crippen LogP contribution in [0.2, 0.25) is 0 Å². The highest BCUT2D eigenvalue weighted by Crippen LogP contribution is 2.14. The van der Waals surface area contributed by atoms with Crippen LogP contribution in [0.5, 0.6) is 0 Å². The molecular formula is C9H12N6O2. The van der Waals surface area contributed by atoms with Gasteiger partial charge < -0.3 is 5.11 Å². The van der Waals surface area contributed by atoms with Crippen LogP contribution >= 0.6 is 0 Å². The van der Waals surface area contributed by atoms with Gasteiger partial charge in [-0.1, -0.05) is 0 Å². The van der Waals surface area contributed by atoms with E-state index in [2.05, 4.69) is 20.6 Å². The van der Waals surface area contributed by atoms with Gasteiger partial charge in [-0.05, 0) is 16.8 Å². The minimum atomic E-state index is -0.819. The first-order valence-corrected chi connectivity index (χ1v) is 5.14.